The molecule has 1 aliphatic heterocycles. The first-order valence-electron chi connectivity index (χ1n) is 7.82. The zero-order valence-electron chi connectivity index (χ0n) is 13.0. The quantitative estimate of drug-likeness (QED) is 0.743. The molecule has 1 saturated heterocycles. The zero-order chi connectivity index (χ0) is 17.4. The predicted molar refractivity (Wildman–Crippen MR) is 91.4 cm³/mol. The number of anilines is 3. The second-order valence-corrected chi connectivity index (χ2v) is 6.77. The van der Waals surface area contributed by atoms with Gasteiger partial charge in [0.1, 0.15) is 5.69 Å². The molecule has 0 bridgehead atoms. The van der Waals surface area contributed by atoms with Crippen molar-refractivity contribution in [1.82, 2.24) is 15.0 Å². The topological polar surface area (TPSA) is 53.9 Å². The van der Waals surface area contributed by atoms with Gasteiger partial charge in [-0.3, -0.25) is 0 Å². The number of rotatable bonds is 3. The number of halogens is 3. The van der Waals surface area contributed by atoms with Crippen molar-refractivity contribution >= 4 is 38.3 Å². The van der Waals surface area contributed by atoms with E-state index in [1.54, 1.807) is 17.4 Å². The van der Waals surface area contributed by atoms with Crippen molar-refractivity contribution in [3.63, 3.8) is 0 Å². The Kier molecular flexibility index (Phi) is 3.95. The number of nitrogens with one attached hydrogen (secondary N) is 1. The number of benzene rings is 1. The van der Waals surface area contributed by atoms with Crippen LogP contribution in [-0.2, 0) is 6.18 Å². The van der Waals surface area contributed by atoms with Crippen molar-refractivity contribution < 1.29 is 13.2 Å². The third-order valence-electron chi connectivity index (χ3n) is 3.96. The molecule has 0 aliphatic carbocycles. The molecule has 3 heterocycles. The fourth-order valence-electron chi connectivity index (χ4n) is 2.74. The molecule has 1 aliphatic rings. The normalized spacial score (nSPS) is 15.1. The minimum atomic E-state index is -4.49. The average Bonchev–Trinajstić information content (AvgIpc) is 3.23. The van der Waals surface area contributed by atoms with E-state index in [-0.39, 0.29) is 5.95 Å². The van der Waals surface area contributed by atoms with Gasteiger partial charge in [0.15, 0.2) is 5.13 Å². The Morgan fingerprint density at radius 2 is 1.88 bits per heavy atom. The highest BCUT2D eigenvalue weighted by atomic mass is 32.1. The number of thiazole rings is 1. The fourth-order valence-corrected chi connectivity index (χ4v) is 3.80. The fraction of sp³-hybridized carbons (Fsp3) is 0.312. The lowest BCUT2D eigenvalue weighted by atomic mass is 10.3. The highest BCUT2D eigenvalue weighted by Crippen LogP contribution is 2.33. The molecule has 0 unspecified atom stereocenters. The Morgan fingerprint density at radius 3 is 2.64 bits per heavy atom. The van der Waals surface area contributed by atoms with Crippen molar-refractivity contribution in [1.29, 1.82) is 0 Å². The molecule has 0 atom stereocenters. The lowest BCUT2D eigenvalue weighted by Gasteiger charge is -2.11. The van der Waals surface area contributed by atoms with Gasteiger partial charge in [-0.1, -0.05) is 11.3 Å². The number of alkyl halides is 3. The standard InChI is InChI=1S/C16H14F3N5S/c17-16(18,19)13-5-6-20-14(23-13)21-10-3-4-11-12(9-10)25-15(22-11)24-7-1-2-8-24/h3-6,9H,1-2,7-8H2,(H,20,21,23). The van der Waals surface area contributed by atoms with Crippen LogP contribution in [0, 0.1) is 0 Å². The van der Waals surface area contributed by atoms with E-state index < -0.39 is 11.9 Å². The Hall–Kier alpha value is -2.42. The van der Waals surface area contributed by atoms with E-state index in [0.29, 0.717) is 5.69 Å². The maximum absolute atomic E-state index is 12.7. The molecule has 4 rings (SSSR count). The summed E-state index contributed by atoms with van der Waals surface area (Å²) in [7, 11) is 0. The van der Waals surface area contributed by atoms with E-state index >= 15 is 0 Å². The molecule has 9 heteroatoms. The third kappa shape index (κ3) is 3.37. The molecule has 5 nitrogen and oxygen atoms in total. The van der Waals surface area contributed by atoms with Crippen molar-refractivity contribution in [2.75, 3.05) is 23.3 Å². The van der Waals surface area contributed by atoms with Crippen LogP contribution in [0.1, 0.15) is 18.5 Å². The van der Waals surface area contributed by atoms with E-state index in [1.165, 1.54) is 12.8 Å². The van der Waals surface area contributed by atoms with Crippen molar-refractivity contribution in [3.05, 3.63) is 36.2 Å². The second kappa shape index (κ2) is 6.14. The largest absolute Gasteiger partial charge is 0.433 e. The summed E-state index contributed by atoms with van der Waals surface area (Å²) in [5.41, 5.74) is 0.533. The van der Waals surface area contributed by atoms with Gasteiger partial charge in [0.25, 0.3) is 0 Å². The Balaban J connectivity index is 1.59. The molecule has 3 aromatic rings. The highest BCUT2D eigenvalue weighted by molar-refractivity contribution is 7.22. The van der Waals surface area contributed by atoms with Crippen LogP contribution in [0.2, 0.25) is 0 Å². The monoisotopic (exact) mass is 365 g/mol. The van der Waals surface area contributed by atoms with Crippen LogP contribution < -0.4 is 10.2 Å². The van der Waals surface area contributed by atoms with E-state index in [1.807, 2.05) is 12.1 Å². The van der Waals surface area contributed by atoms with Crippen LogP contribution in [0.25, 0.3) is 10.2 Å². The van der Waals surface area contributed by atoms with Crippen LogP contribution in [-0.4, -0.2) is 28.0 Å². The molecular weight excluding hydrogens is 351 g/mol. The van der Waals surface area contributed by atoms with Crippen LogP contribution in [0.4, 0.5) is 29.9 Å². The Morgan fingerprint density at radius 1 is 1.08 bits per heavy atom. The van der Waals surface area contributed by atoms with Crippen LogP contribution in [0.15, 0.2) is 30.5 Å². The van der Waals surface area contributed by atoms with Crippen LogP contribution in [0.3, 0.4) is 0 Å². The summed E-state index contributed by atoms with van der Waals surface area (Å²) in [6.45, 7) is 2.03. The Labute approximate surface area is 145 Å². The highest BCUT2D eigenvalue weighted by Gasteiger charge is 2.32. The number of nitrogens with zero attached hydrogens (tertiary/aromatic N) is 4. The van der Waals surface area contributed by atoms with E-state index in [9.17, 15) is 13.2 Å². The number of hydrogen-bond donors (Lipinski definition) is 1. The molecule has 0 spiro atoms. The molecule has 1 N–H and O–H groups in total. The van der Waals surface area contributed by atoms with Crippen molar-refractivity contribution in [2.45, 2.75) is 19.0 Å². The van der Waals surface area contributed by atoms with Crippen molar-refractivity contribution in [3.8, 4) is 0 Å². The van der Waals surface area contributed by atoms with E-state index in [0.717, 1.165) is 40.7 Å². The summed E-state index contributed by atoms with van der Waals surface area (Å²) in [6, 6.07) is 6.32. The summed E-state index contributed by atoms with van der Waals surface area (Å²) in [5.74, 6) is -0.0848. The smallest absolute Gasteiger partial charge is 0.348 e. The first-order valence-corrected chi connectivity index (χ1v) is 8.63. The van der Waals surface area contributed by atoms with Crippen LogP contribution in [0.5, 0.6) is 0 Å². The first-order chi connectivity index (χ1) is 12.0. The molecule has 0 radical (unpaired) electrons. The lowest BCUT2D eigenvalue weighted by molar-refractivity contribution is -0.141. The summed E-state index contributed by atoms with van der Waals surface area (Å²) in [6.07, 6.45) is -1.05. The van der Waals surface area contributed by atoms with Gasteiger partial charge >= 0.3 is 6.18 Å². The minimum Gasteiger partial charge on any atom is -0.348 e. The van der Waals surface area contributed by atoms with Gasteiger partial charge in [0, 0.05) is 25.0 Å². The summed E-state index contributed by atoms with van der Waals surface area (Å²) < 4.78 is 39.2. The van der Waals surface area contributed by atoms with Gasteiger partial charge in [0.2, 0.25) is 5.95 Å². The van der Waals surface area contributed by atoms with Gasteiger partial charge in [-0.15, -0.1) is 0 Å². The SMILES string of the molecule is FC(F)(F)c1ccnc(Nc2ccc3nc(N4CCCC4)sc3c2)n1. The number of fused-ring (bicyclic) bond motifs is 1. The van der Waals surface area contributed by atoms with Gasteiger partial charge in [-0.25, -0.2) is 15.0 Å². The molecule has 130 valence electrons. The summed E-state index contributed by atoms with van der Waals surface area (Å²) >= 11 is 1.58. The molecule has 0 amide bonds. The molecular formula is C16H14F3N5S. The number of hydrogen-bond acceptors (Lipinski definition) is 6. The van der Waals surface area contributed by atoms with Crippen LogP contribution >= 0.6 is 11.3 Å². The van der Waals surface area contributed by atoms with E-state index in [2.05, 4.69) is 25.2 Å². The van der Waals surface area contributed by atoms with Crippen molar-refractivity contribution in [2.24, 2.45) is 0 Å². The lowest BCUT2D eigenvalue weighted by Crippen LogP contribution is -2.16. The molecule has 1 fully saturated rings. The molecule has 1 aromatic carbocycles. The average molecular weight is 365 g/mol. The second-order valence-electron chi connectivity index (χ2n) is 5.76. The molecule has 0 saturated carbocycles. The van der Waals surface area contributed by atoms with Gasteiger partial charge in [-0.2, -0.15) is 13.2 Å². The predicted octanol–water partition coefficient (Wildman–Crippen LogP) is 4.45. The first kappa shape index (κ1) is 16.1. The van der Waals surface area contributed by atoms with E-state index in [4.69, 9.17) is 0 Å². The van der Waals surface area contributed by atoms with Gasteiger partial charge in [0.05, 0.1) is 10.2 Å². The Bertz CT molecular complexity index is 902. The molecule has 2 aromatic heterocycles. The van der Waals surface area contributed by atoms with Gasteiger partial charge in [-0.05, 0) is 37.1 Å². The summed E-state index contributed by atoms with van der Waals surface area (Å²) in [4.78, 5) is 14.3. The maximum Gasteiger partial charge on any atom is 0.433 e. The van der Waals surface area contributed by atoms with Gasteiger partial charge < -0.3 is 10.2 Å². The molecule has 25 heavy (non-hydrogen) atoms. The maximum atomic E-state index is 12.7. The zero-order valence-corrected chi connectivity index (χ0v) is 13.9. The third-order valence-corrected chi connectivity index (χ3v) is 5.03. The minimum absolute atomic E-state index is 0.0848. The number of aromatic nitrogens is 3. The summed E-state index contributed by atoms with van der Waals surface area (Å²) in [5, 5.41) is 3.82.